The first kappa shape index (κ1) is 14.0. The van der Waals surface area contributed by atoms with E-state index in [1.165, 1.54) is 0 Å². The summed E-state index contributed by atoms with van der Waals surface area (Å²) in [6, 6.07) is 2.62. The average molecular weight is 287 g/mol. The summed E-state index contributed by atoms with van der Waals surface area (Å²) >= 11 is 0. The van der Waals surface area contributed by atoms with Gasteiger partial charge in [0.15, 0.2) is 0 Å². The normalized spacial score (nSPS) is 22.8. The molecule has 0 amide bonds. The lowest BCUT2D eigenvalue weighted by Gasteiger charge is -2.32. The lowest BCUT2D eigenvalue weighted by Crippen LogP contribution is -2.43. The zero-order chi connectivity index (χ0) is 14.2. The molecule has 19 heavy (non-hydrogen) atoms. The fourth-order valence-corrected chi connectivity index (χ4v) is 3.41. The molecule has 104 valence electrons. The van der Waals surface area contributed by atoms with Gasteiger partial charge in [-0.25, -0.2) is 22.3 Å². The number of hydrogen-bond acceptors (Lipinski definition) is 3. The van der Waals surface area contributed by atoms with Gasteiger partial charge in [0.1, 0.15) is 5.82 Å². The molecule has 0 bridgehead atoms. The van der Waals surface area contributed by atoms with Gasteiger partial charge in [0.05, 0.1) is 10.5 Å². The Morgan fingerprint density at radius 1 is 1.42 bits per heavy atom. The van der Waals surface area contributed by atoms with Crippen molar-refractivity contribution in [3.05, 3.63) is 29.6 Å². The molecule has 0 radical (unpaired) electrons. The van der Waals surface area contributed by atoms with Crippen LogP contribution in [0.25, 0.3) is 0 Å². The largest absolute Gasteiger partial charge is 0.478 e. The number of hydrogen-bond donors (Lipinski definition) is 2. The van der Waals surface area contributed by atoms with Gasteiger partial charge in [0, 0.05) is 6.04 Å². The first-order chi connectivity index (χ1) is 8.79. The number of carboxylic acid groups (broad SMARTS) is 1. The summed E-state index contributed by atoms with van der Waals surface area (Å²) in [5.74, 6) is -1.97. The maximum atomic E-state index is 13.2. The first-order valence-electron chi connectivity index (χ1n) is 5.85. The minimum atomic E-state index is -3.80. The molecule has 0 aromatic heterocycles. The Bertz CT molecular complexity index is 608. The molecule has 0 unspecified atom stereocenters. The van der Waals surface area contributed by atoms with Gasteiger partial charge in [-0.2, -0.15) is 0 Å². The molecule has 5 nitrogen and oxygen atoms in total. The minimum absolute atomic E-state index is 0.127. The van der Waals surface area contributed by atoms with Crippen molar-refractivity contribution < 1.29 is 22.7 Å². The topological polar surface area (TPSA) is 83.5 Å². The zero-order valence-corrected chi connectivity index (χ0v) is 11.1. The van der Waals surface area contributed by atoms with Gasteiger partial charge in [-0.3, -0.25) is 0 Å². The Kier molecular flexibility index (Phi) is 3.60. The molecular formula is C12H14FNO4S. The van der Waals surface area contributed by atoms with Crippen molar-refractivity contribution in [2.45, 2.75) is 30.7 Å². The standard InChI is InChI=1S/C12H14FNO4S/c1-7-4-8(5-7)14-19(17,18)9-2-3-11(13)10(6-9)12(15)16/h2-3,6-8,14H,4-5H2,1H3,(H,15,16). The summed E-state index contributed by atoms with van der Waals surface area (Å²) in [6.45, 7) is 2.02. The number of rotatable bonds is 4. The van der Waals surface area contributed by atoms with Crippen LogP contribution in [0.2, 0.25) is 0 Å². The number of aromatic carboxylic acids is 1. The Labute approximate surface area is 110 Å². The van der Waals surface area contributed by atoms with Crippen molar-refractivity contribution in [2.75, 3.05) is 0 Å². The van der Waals surface area contributed by atoms with Gasteiger partial charge in [0.25, 0.3) is 0 Å². The highest BCUT2D eigenvalue weighted by Gasteiger charge is 2.30. The van der Waals surface area contributed by atoms with Gasteiger partial charge in [0.2, 0.25) is 10.0 Å². The highest BCUT2D eigenvalue weighted by molar-refractivity contribution is 7.89. The lowest BCUT2D eigenvalue weighted by molar-refractivity contribution is 0.0691. The SMILES string of the molecule is CC1CC(NS(=O)(=O)c2ccc(F)c(C(=O)O)c2)C1. The maximum Gasteiger partial charge on any atom is 0.338 e. The van der Waals surface area contributed by atoms with Crippen LogP contribution >= 0.6 is 0 Å². The lowest BCUT2D eigenvalue weighted by atomic mass is 9.83. The second-order valence-corrected chi connectivity index (χ2v) is 6.56. The predicted molar refractivity (Wildman–Crippen MR) is 65.9 cm³/mol. The third-order valence-corrected chi connectivity index (χ3v) is 4.69. The summed E-state index contributed by atoms with van der Waals surface area (Å²) < 4.78 is 39.7. The summed E-state index contributed by atoms with van der Waals surface area (Å²) in [5.41, 5.74) is -0.648. The van der Waals surface area contributed by atoms with Crippen LogP contribution in [0.15, 0.2) is 23.1 Å². The van der Waals surface area contributed by atoms with Crippen molar-refractivity contribution in [1.29, 1.82) is 0 Å². The van der Waals surface area contributed by atoms with E-state index in [1.807, 2.05) is 6.92 Å². The Morgan fingerprint density at radius 2 is 2.05 bits per heavy atom. The second-order valence-electron chi connectivity index (χ2n) is 4.84. The summed E-state index contributed by atoms with van der Waals surface area (Å²) in [4.78, 5) is 10.5. The number of benzene rings is 1. The molecule has 1 fully saturated rings. The van der Waals surface area contributed by atoms with Crippen molar-refractivity contribution >= 4 is 16.0 Å². The summed E-state index contributed by atoms with van der Waals surface area (Å²) in [7, 11) is -3.80. The monoisotopic (exact) mass is 287 g/mol. The predicted octanol–water partition coefficient (Wildman–Crippen LogP) is 1.60. The molecule has 1 aliphatic rings. The van der Waals surface area contributed by atoms with E-state index in [2.05, 4.69) is 4.72 Å². The van der Waals surface area contributed by atoms with Crippen molar-refractivity contribution in [1.82, 2.24) is 4.72 Å². The van der Waals surface area contributed by atoms with Gasteiger partial charge in [-0.05, 0) is 37.0 Å². The Balaban J connectivity index is 2.25. The number of halogens is 1. The number of nitrogens with one attached hydrogen (secondary N) is 1. The molecule has 0 spiro atoms. The van der Waals surface area contributed by atoms with Crippen molar-refractivity contribution in [3.8, 4) is 0 Å². The third-order valence-electron chi connectivity index (χ3n) is 3.17. The van der Waals surface area contributed by atoms with E-state index in [1.54, 1.807) is 0 Å². The molecular weight excluding hydrogens is 273 g/mol. The summed E-state index contributed by atoms with van der Waals surface area (Å²) in [5, 5.41) is 8.77. The second kappa shape index (κ2) is 4.90. The Hall–Kier alpha value is -1.47. The van der Waals surface area contributed by atoms with Crippen molar-refractivity contribution in [3.63, 3.8) is 0 Å². The van der Waals surface area contributed by atoms with Gasteiger partial charge in [-0.1, -0.05) is 6.92 Å². The van der Waals surface area contributed by atoms with E-state index in [0.717, 1.165) is 31.0 Å². The average Bonchev–Trinajstić information content (AvgIpc) is 2.26. The van der Waals surface area contributed by atoms with Crippen LogP contribution in [0.4, 0.5) is 4.39 Å². The molecule has 2 N–H and O–H groups in total. The van der Waals surface area contributed by atoms with E-state index in [4.69, 9.17) is 5.11 Å². The van der Waals surface area contributed by atoms with Gasteiger partial charge >= 0.3 is 5.97 Å². The maximum absolute atomic E-state index is 13.2. The fraction of sp³-hybridized carbons (Fsp3) is 0.417. The Morgan fingerprint density at radius 3 is 2.58 bits per heavy atom. The van der Waals surface area contributed by atoms with E-state index >= 15 is 0 Å². The molecule has 0 aliphatic heterocycles. The minimum Gasteiger partial charge on any atom is -0.478 e. The molecule has 0 heterocycles. The van der Waals surface area contributed by atoms with Crippen LogP contribution < -0.4 is 4.72 Å². The molecule has 1 aromatic rings. The summed E-state index contributed by atoms with van der Waals surface area (Å²) in [6.07, 6.45) is 1.51. The fourth-order valence-electron chi connectivity index (χ4n) is 2.12. The molecule has 2 rings (SSSR count). The molecule has 1 saturated carbocycles. The highest BCUT2D eigenvalue weighted by Crippen LogP contribution is 2.28. The highest BCUT2D eigenvalue weighted by atomic mass is 32.2. The first-order valence-corrected chi connectivity index (χ1v) is 7.33. The number of carboxylic acids is 1. The van der Waals surface area contributed by atoms with Crippen LogP contribution in [-0.4, -0.2) is 25.5 Å². The van der Waals surface area contributed by atoms with Gasteiger partial charge < -0.3 is 5.11 Å². The molecule has 1 aliphatic carbocycles. The van der Waals surface area contributed by atoms with Crippen LogP contribution in [0.3, 0.4) is 0 Å². The van der Waals surface area contributed by atoms with E-state index in [-0.39, 0.29) is 10.9 Å². The number of sulfonamides is 1. The van der Waals surface area contributed by atoms with E-state index in [9.17, 15) is 17.6 Å². The zero-order valence-electron chi connectivity index (χ0n) is 10.3. The van der Waals surface area contributed by atoms with Crippen molar-refractivity contribution in [2.24, 2.45) is 5.92 Å². The van der Waals surface area contributed by atoms with Crippen LogP contribution in [0, 0.1) is 11.7 Å². The quantitative estimate of drug-likeness (QED) is 0.881. The van der Waals surface area contributed by atoms with E-state index in [0.29, 0.717) is 5.92 Å². The van der Waals surface area contributed by atoms with Gasteiger partial charge in [-0.15, -0.1) is 0 Å². The van der Waals surface area contributed by atoms with E-state index < -0.39 is 27.4 Å². The third kappa shape index (κ3) is 2.93. The molecule has 7 heteroatoms. The van der Waals surface area contributed by atoms with Crippen LogP contribution in [0.1, 0.15) is 30.1 Å². The van der Waals surface area contributed by atoms with Crippen LogP contribution in [-0.2, 0) is 10.0 Å². The number of carbonyl (C=O) groups is 1. The molecule has 0 atom stereocenters. The smallest absolute Gasteiger partial charge is 0.338 e. The van der Waals surface area contributed by atoms with Crippen LogP contribution in [0.5, 0.6) is 0 Å². The molecule has 1 aromatic carbocycles. The molecule has 0 saturated heterocycles.